The lowest BCUT2D eigenvalue weighted by Gasteiger charge is -2.16. The summed E-state index contributed by atoms with van der Waals surface area (Å²) >= 11 is 0. The van der Waals surface area contributed by atoms with Gasteiger partial charge in [0.25, 0.3) is 0 Å². The van der Waals surface area contributed by atoms with Gasteiger partial charge in [-0.05, 0) is 24.6 Å². The van der Waals surface area contributed by atoms with E-state index in [4.69, 9.17) is 5.26 Å². The molecule has 0 saturated carbocycles. The fourth-order valence-corrected chi connectivity index (χ4v) is 1.75. The van der Waals surface area contributed by atoms with Crippen molar-refractivity contribution in [1.82, 2.24) is 0 Å². The molecule has 0 bridgehead atoms. The van der Waals surface area contributed by atoms with Gasteiger partial charge in [-0.1, -0.05) is 13.8 Å². The van der Waals surface area contributed by atoms with E-state index in [1.807, 2.05) is 0 Å². The molecule has 0 atom stereocenters. The zero-order valence-electron chi connectivity index (χ0n) is 10.2. The molecule has 2 nitrogen and oxygen atoms in total. The van der Waals surface area contributed by atoms with Crippen LogP contribution in [0, 0.1) is 24.2 Å². The summed E-state index contributed by atoms with van der Waals surface area (Å²) in [6.07, 6.45) is -4.64. The third-order valence-electron chi connectivity index (χ3n) is 2.66. The fraction of sp³-hybridized carbons (Fsp3) is 0.385. The summed E-state index contributed by atoms with van der Waals surface area (Å²) in [4.78, 5) is 11.8. The number of carbonyl (C=O) groups excluding carboxylic acids is 1. The van der Waals surface area contributed by atoms with Crippen LogP contribution in [0.3, 0.4) is 0 Å². The Kier molecular flexibility index (Phi) is 3.80. The minimum Gasteiger partial charge on any atom is -0.294 e. The van der Waals surface area contributed by atoms with Gasteiger partial charge in [0.2, 0.25) is 0 Å². The van der Waals surface area contributed by atoms with Gasteiger partial charge in [-0.3, -0.25) is 4.79 Å². The zero-order valence-corrected chi connectivity index (χ0v) is 10.2. The molecule has 1 aromatic carbocycles. The molecule has 0 N–H and O–H groups in total. The molecule has 0 radical (unpaired) electrons. The third kappa shape index (κ3) is 2.53. The fourth-order valence-electron chi connectivity index (χ4n) is 1.75. The van der Waals surface area contributed by atoms with Crippen LogP contribution >= 0.6 is 0 Å². The number of nitrogens with zero attached hydrogens (tertiary/aromatic N) is 1. The molecular formula is C13H12F3NO. The molecular weight excluding hydrogens is 243 g/mol. The number of halogens is 3. The molecule has 96 valence electrons. The minimum absolute atomic E-state index is 0.0244. The van der Waals surface area contributed by atoms with E-state index in [1.54, 1.807) is 13.8 Å². The molecule has 5 heteroatoms. The first-order chi connectivity index (χ1) is 8.20. The predicted octanol–water partition coefficient (Wildman–Crippen LogP) is 3.72. The first-order valence-corrected chi connectivity index (χ1v) is 5.35. The first kappa shape index (κ1) is 14.2. The quantitative estimate of drug-likeness (QED) is 0.755. The van der Waals surface area contributed by atoms with Crippen LogP contribution in [0.25, 0.3) is 0 Å². The monoisotopic (exact) mass is 255 g/mol. The Hall–Kier alpha value is -1.83. The Balaban J connectivity index is 3.55. The van der Waals surface area contributed by atoms with Crippen molar-refractivity contribution in [2.24, 2.45) is 5.92 Å². The Morgan fingerprint density at radius 3 is 2.28 bits per heavy atom. The van der Waals surface area contributed by atoms with Crippen molar-refractivity contribution < 1.29 is 18.0 Å². The molecule has 18 heavy (non-hydrogen) atoms. The van der Waals surface area contributed by atoms with Gasteiger partial charge in [0.15, 0.2) is 5.78 Å². The van der Waals surface area contributed by atoms with Gasteiger partial charge in [0.1, 0.15) is 0 Å². The summed E-state index contributed by atoms with van der Waals surface area (Å²) in [7, 11) is 0. The molecule has 0 aliphatic rings. The first-order valence-electron chi connectivity index (χ1n) is 5.35. The number of Topliss-reactive ketones (excluding diaryl/α,β-unsaturated/α-hetero) is 1. The van der Waals surface area contributed by atoms with Crippen LogP contribution in [0.5, 0.6) is 0 Å². The Labute approximate surface area is 103 Å². The number of alkyl halides is 3. The summed E-state index contributed by atoms with van der Waals surface area (Å²) in [5.74, 6) is -0.750. The average Bonchev–Trinajstić information content (AvgIpc) is 2.25. The van der Waals surface area contributed by atoms with Crippen molar-refractivity contribution in [3.63, 3.8) is 0 Å². The van der Waals surface area contributed by atoms with Crippen LogP contribution in [-0.4, -0.2) is 5.78 Å². The Bertz CT molecular complexity index is 524. The number of benzene rings is 1. The Morgan fingerprint density at radius 2 is 1.89 bits per heavy atom. The highest BCUT2D eigenvalue weighted by Crippen LogP contribution is 2.36. The van der Waals surface area contributed by atoms with Crippen molar-refractivity contribution in [2.75, 3.05) is 0 Å². The van der Waals surface area contributed by atoms with E-state index in [2.05, 4.69) is 0 Å². The maximum atomic E-state index is 12.9. The SMILES string of the molecule is Cc1c(C(=O)C(C)C)ccc(C#N)c1C(F)(F)F. The molecule has 0 aliphatic carbocycles. The van der Waals surface area contributed by atoms with Gasteiger partial charge < -0.3 is 0 Å². The smallest absolute Gasteiger partial charge is 0.294 e. The number of ketones is 1. The summed E-state index contributed by atoms with van der Waals surface area (Å²) in [6.45, 7) is 4.46. The van der Waals surface area contributed by atoms with Crippen molar-refractivity contribution in [3.05, 3.63) is 34.4 Å². The van der Waals surface area contributed by atoms with Gasteiger partial charge in [0.05, 0.1) is 17.2 Å². The standard InChI is InChI=1S/C13H12F3NO/c1-7(2)12(18)10-5-4-9(6-17)11(8(10)3)13(14,15)16/h4-5,7H,1-3H3. The van der Waals surface area contributed by atoms with Gasteiger partial charge in [-0.15, -0.1) is 0 Å². The molecule has 0 heterocycles. The van der Waals surface area contributed by atoms with E-state index in [0.29, 0.717) is 0 Å². The molecule has 0 aliphatic heterocycles. The van der Waals surface area contributed by atoms with Crippen LogP contribution in [0.15, 0.2) is 12.1 Å². The number of nitriles is 1. The highest BCUT2D eigenvalue weighted by atomic mass is 19.4. The van der Waals surface area contributed by atoms with E-state index in [1.165, 1.54) is 19.1 Å². The highest BCUT2D eigenvalue weighted by molar-refractivity contribution is 5.99. The summed E-state index contributed by atoms with van der Waals surface area (Å²) in [5.41, 5.74) is -1.63. The van der Waals surface area contributed by atoms with Crippen LogP contribution in [-0.2, 0) is 6.18 Å². The second-order valence-corrected chi connectivity index (χ2v) is 4.29. The van der Waals surface area contributed by atoms with E-state index in [-0.39, 0.29) is 16.9 Å². The molecule has 0 amide bonds. The van der Waals surface area contributed by atoms with Crippen molar-refractivity contribution >= 4 is 5.78 Å². The number of carbonyl (C=O) groups is 1. The topological polar surface area (TPSA) is 40.9 Å². The predicted molar refractivity (Wildman–Crippen MR) is 60.1 cm³/mol. The summed E-state index contributed by atoms with van der Waals surface area (Å²) in [6, 6.07) is 3.84. The average molecular weight is 255 g/mol. The molecule has 0 fully saturated rings. The van der Waals surface area contributed by atoms with E-state index in [9.17, 15) is 18.0 Å². The number of hydrogen-bond acceptors (Lipinski definition) is 2. The largest absolute Gasteiger partial charge is 0.417 e. The second kappa shape index (κ2) is 4.81. The van der Waals surface area contributed by atoms with Crippen molar-refractivity contribution in [1.29, 1.82) is 5.26 Å². The van der Waals surface area contributed by atoms with Gasteiger partial charge >= 0.3 is 6.18 Å². The van der Waals surface area contributed by atoms with Crippen LogP contribution < -0.4 is 0 Å². The molecule has 0 saturated heterocycles. The molecule has 1 aromatic rings. The van der Waals surface area contributed by atoms with Crippen molar-refractivity contribution in [2.45, 2.75) is 26.9 Å². The third-order valence-corrected chi connectivity index (χ3v) is 2.66. The normalized spacial score (nSPS) is 11.4. The highest BCUT2D eigenvalue weighted by Gasteiger charge is 2.37. The van der Waals surface area contributed by atoms with Gasteiger partial charge in [-0.25, -0.2) is 0 Å². The van der Waals surface area contributed by atoms with Crippen LogP contribution in [0.1, 0.15) is 40.9 Å². The summed E-state index contributed by atoms with van der Waals surface area (Å²) < 4.78 is 38.6. The zero-order chi connectivity index (χ0) is 14.1. The molecule has 0 aromatic heterocycles. The van der Waals surface area contributed by atoms with Crippen LogP contribution in [0.2, 0.25) is 0 Å². The number of rotatable bonds is 2. The lowest BCUT2D eigenvalue weighted by molar-refractivity contribution is -0.138. The molecule has 0 unspecified atom stereocenters. The Morgan fingerprint density at radius 1 is 1.33 bits per heavy atom. The number of hydrogen-bond donors (Lipinski definition) is 0. The molecule has 0 spiro atoms. The maximum Gasteiger partial charge on any atom is 0.417 e. The van der Waals surface area contributed by atoms with Gasteiger partial charge in [-0.2, -0.15) is 18.4 Å². The lowest BCUT2D eigenvalue weighted by Crippen LogP contribution is -2.16. The lowest BCUT2D eigenvalue weighted by atomic mass is 9.91. The van der Waals surface area contributed by atoms with Crippen LogP contribution in [0.4, 0.5) is 13.2 Å². The van der Waals surface area contributed by atoms with Crippen molar-refractivity contribution in [3.8, 4) is 6.07 Å². The molecule has 1 rings (SSSR count). The summed E-state index contributed by atoms with van der Waals surface area (Å²) in [5, 5.41) is 8.71. The minimum atomic E-state index is -4.64. The maximum absolute atomic E-state index is 12.9. The second-order valence-electron chi connectivity index (χ2n) is 4.29. The van der Waals surface area contributed by atoms with E-state index >= 15 is 0 Å². The van der Waals surface area contributed by atoms with Gasteiger partial charge in [0, 0.05) is 11.5 Å². The van der Waals surface area contributed by atoms with E-state index in [0.717, 1.165) is 6.07 Å². The van der Waals surface area contributed by atoms with E-state index < -0.39 is 23.2 Å².